The Morgan fingerprint density at radius 2 is 1.88 bits per heavy atom. The second kappa shape index (κ2) is 9.39. The van der Waals surface area contributed by atoms with E-state index in [0.29, 0.717) is 19.8 Å². The molecule has 6 nitrogen and oxygen atoms in total. The number of aryl methyl sites for hydroxylation is 1. The minimum absolute atomic E-state index is 0.0122. The zero-order valence-corrected chi connectivity index (χ0v) is 14.4. The SMILES string of the molecule is CCOC(=O)C(=O)NCC(c1ccc(CC)cc1)N1CCOCC1. The molecule has 1 saturated heterocycles. The minimum atomic E-state index is -0.834. The van der Waals surface area contributed by atoms with Gasteiger partial charge in [-0.25, -0.2) is 4.79 Å². The molecule has 1 heterocycles. The lowest BCUT2D eigenvalue weighted by Gasteiger charge is -2.34. The third kappa shape index (κ3) is 5.04. The molecule has 0 saturated carbocycles. The number of carbonyl (C=O) groups is 2. The summed E-state index contributed by atoms with van der Waals surface area (Å²) in [7, 11) is 0. The number of rotatable bonds is 6. The van der Waals surface area contributed by atoms with Crippen LogP contribution in [0.5, 0.6) is 0 Å². The van der Waals surface area contributed by atoms with Crippen molar-refractivity contribution in [2.45, 2.75) is 26.3 Å². The number of nitrogens with one attached hydrogen (secondary N) is 1. The standard InChI is InChI=1S/C18H26N2O4/c1-3-14-5-7-15(8-6-14)16(20-9-11-23-12-10-20)13-19-17(21)18(22)24-4-2/h5-8,16H,3-4,9-13H2,1-2H3,(H,19,21). The zero-order chi connectivity index (χ0) is 17.4. The average Bonchev–Trinajstić information content (AvgIpc) is 2.63. The van der Waals surface area contributed by atoms with E-state index in [0.717, 1.165) is 25.1 Å². The first kappa shape index (κ1) is 18.4. The molecule has 132 valence electrons. The summed E-state index contributed by atoms with van der Waals surface area (Å²) in [6.07, 6.45) is 0.988. The Morgan fingerprint density at radius 1 is 1.21 bits per heavy atom. The van der Waals surface area contributed by atoms with E-state index in [-0.39, 0.29) is 12.6 Å². The van der Waals surface area contributed by atoms with Gasteiger partial charge in [0.15, 0.2) is 0 Å². The quantitative estimate of drug-likeness (QED) is 0.627. The van der Waals surface area contributed by atoms with Crippen molar-refractivity contribution in [1.82, 2.24) is 10.2 Å². The van der Waals surface area contributed by atoms with E-state index in [4.69, 9.17) is 9.47 Å². The largest absolute Gasteiger partial charge is 0.459 e. The fourth-order valence-corrected chi connectivity index (χ4v) is 2.78. The lowest BCUT2D eigenvalue weighted by atomic mass is 10.0. The maximum absolute atomic E-state index is 11.8. The Hall–Kier alpha value is -1.92. The maximum atomic E-state index is 11.8. The van der Waals surface area contributed by atoms with Gasteiger partial charge in [0.25, 0.3) is 0 Å². The molecular formula is C18H26N2O4. The highest BCUT2D eigenvalue weighted by Crippen LogP contribution is 2.22. The summed E-state index contributed by atoms with van der Waals surface area (Å²) in [5.41, 5.74) is 2.40. The summed E-state index contributed by atoms with van der Waals surface area (Å²) in [6, 6.07) is 8.41. The molecule has 2 rings (SSSR count). The zero-order valence-electron chi connectivity index (χ0n) is 14.4. The molecule has 1 aromatic carbocycles. The lowest BCUT2D eigenvalue weighted by Crippen LogP contribution is -2.45. The van der Waals surface area contributed by atoms with Gasteiger partial charge in [-0.15, -0.1) is 0 Å². The molecule has 0 aromatic heterocycles. The van der Waals surface area contributed by atoms with Gasteiger partial charge in [-0.2, -0.15) is 0 Å². The van der Waals surface area contributed by atoms with E-state index in [2.05, 4.69) is 41.4 Å². The molecule has 1 aromatic rings. The molecule has 0 aliphatic carbocycles. The smallest absolute Gasteiger partial charge is 0.396 e. The van der Waals surface area contributed by atoms with E-state index in [1.54, 1.807) is 6.92 Å². The van der Waals surface area contributed by atoms with Crippen LogP contribution in [0.3, 0.4) is 0 Å². The molecule has 0 radical (unpaired) electrons. The molecule has 24 heavy (non-hydrogen) atoms. The van der Waals surface area contributed by atoms with Crippen molar-refractivity contribution in [2.75, 3.05) is 39.5 Å². The van der Waals surface area contributed by atoms with Crippen molar-refractivity contribution < 1.29 is 19.1 Å². The van der Waals surface area contributed by atoms with Crippen LogP contribution in [0.25, 0.3) is 0 Å². The van der Waals surface area contributed by atoms with Gasteiger partial charge in [-0.3, -0.25) is 9.69 Å². The van der Waals surface area contributed by atoms with Crippen molar-refractivity contribution in [3.8, 4) is 0 Å². The van der Waals surface area contributed by atoms with Gasteiger partial charge in [0.1, 0.15) is 0 Å². The summed E-state index contributed by atoms with van der Waals surface area (Å²) in [4.78, 5) is 25.6. The summed E-state index contributed by atoms with van der Waals surface area (Å²) in [5, 5.41) is 2.70. The first-order chi connectivity index (χ1) is 11.7. The van der Waals surface area contributed by atoms with Gasteiger partial charge in [0, 0.05) is 19.6 Å². The number of hydrogen-bond acceptors (Lipinski definition) is 5. The first-order valence-corrected chi connectivity index (χ1v) is 8.51. The van der Waals surface area contributed by atoms with Crippen molar-refractivity contribution >= 4 is 11.9 Å². The number of esters is 1. The normalized spacial score (nSPS) is 16.4. The number of benzene rings is 1. The lowest BCUT2D eigenvalue weighted by molar-refractivity contribution is -0.154. The topological polar surface area (TPSA) is 67.9 Å². The Morgan fingerprint density at radius 3 is 2.46 bits per heavy atom. The van der Waals surface area contributed by atoms with Gasteiger partial charge >= 0.3 is 11.9 Å². The predicted molar refractivity (Wildman–Crippen MR) is 90.6 cm³/mol. The van der Waals surface area contributed by atoms with E-state index >= 15 is 0 Å². The number of carbonyl (C=O) groups excluding carboxylic acids is 2. The Labute approximate surface area is 143 Å². The molecule has 1 unspecified atom stereocenters. The van der Waals surface area contributed by atoms with Crippen LogP contribution in [-0.4, -0.2) is 56.2 Å². The van der Waals surface area contributed by atoms with Gasteiger partial charge in [0.2, 0.25) is 0 Å². The van der Waals surface area contributed by atoms with Crippen LogP contribution in [-0.2, 0) is 25.5 Å². The van der Waals surface area contributed by atoms with Crippen LogP contribution in [0, 0.1) is 0 Å². The fourth-order valence-electron chi connectivity index (χ4n) is 2.78. The maximum Gasteiger partial charge on any atom is 0.396 e. The number of nitrogens with zero attached hydrogens (tertiary/aromatic N) is 1. The third-order valence-electron chi connectivity index (χ3n) is 4.18. The molecule has 1 atom stereocenters. The Kier molecular flexibility index (Phi) is 7.21. The van der Waals surface area contributed by atoms with Gasteiger partial charge in [0.05, 0.1) is 25.9 Å². The van der Waals surface area contributed by atoms with Crippen molar-refractivity contribution in [3.63, 3.8) is 0 Å². The highest BCUT2D eigenvalue weighted by molar-refractivity contribution is 6.32. The van der Waals surface area contributed by atoms with Gasteiger partial charge in [-0.05, 0) is 24.5 Å². The van der Waals surface area contributed by atoms with Crippen LogP contribution in [0.4, 0.5) is 0 Å². The molecule has 0 bridgehead atoms. The molecule has 0 spiro atoms. The second-order valence-electron chi connectivity index (χ2n) is 5.69. The molecule has 6 heteroatoms. The average molecular weight is 334 g/mol. The van der Waals surface area contributed by atoms with Crippen LogP contribution in [0.1, 0.15) is 31.0 Å². The number of morpholine rings is 1. The van der Waals surface area contributed by atoms with E-state index in [1.165, 1.54) is 5.56 Å². The van der Waals surface area contributed by atoms with Crippen LogP contribution in [0.15, 0.2) is 24.3 Å². The fraction of sp³-hybridized carbons (Fsp3) is 0.556. The molecule has 1 aliphatic rings. The molecular weight excluding hydrogens is 308 g/mol. The summed E-state index contributed by atoms with van der Waals surface area (Å²) >= 11 is 0. The Bertz CT molecular complexity index is 538. The third-order valence-corrected chi connectivity index (χ3v) is 4.18. The predicted octanol–water partition coefficient (Wildman–Crippen LogP) is 1.30. The molecule has 1 amide bonds. The Balaban J connectivity index is 2.07. The summed E-state index contributed by atoms with van der Waals surface area (Å²) < 4.78 is 10.1. The van der Waals surface area contributed by atoms with Crippen LogP contribution >= 0.6 is 0 Å². The van der Waals surface area contributed by atoms with Crippen LogP contribution < -0.4 is 5.32 Å². The number of amides is 1. The molecule has 1 N–H and O–H groups in total. The van der Waals surface area contributed by atoms with Crippen molar-refractivity contribution in [3.05, 3.63) is 35.4 Å². The van der Waals surface area contributed by atoms with Gasteiger partial charge in [-0.1, -0.05) is 31.2 Å². The van der Waals surface area contributed by atoms with Crippen molar-refractivity contribution in [2.24, 2.45) is 0 Å². The van der Waals surface area contributed by atoms with E-state index < -0.39 is 11.9 Å². The summed E-state index contributed by atoms with van der Waals surface area (Å²) in [5.74, 6) is -1.53. The minimum Gasteiger partial charge on any atom is -0.459 e. The molecule has 1 aliphatic heterocycles. The van der Waals surface area contributed by atoms with Gasteiger partial charge < -0.3 is 14.8 Å². The highest BCUT2D eigenvalue weighted by Gasteiger charge is 2.24. The highest BCUT2D eigenvalue weighted by atomic mass is 16.5. The summed E-state index contributed by atoms with van der Waals surface area (Å²) in [6.45, 7) is 7.31. The number of hydrogen-bond donors (Lipinski definition) is 1. The number of ether oxygens (including phenoxy) is 2. The van der Waals surface area contributed by atoms with Crippen LogP contribution in [0.2, 0.25) is 0 Å². The van der Waals surface area contributed by atoms with E-state index in [9.17, 15) is 9.59 Å². The molecule has 1 fully saturated rings. The van der Waals surface area contributed by atoms with Crippen molar-refractivity contribution in [1.29, 1.82) is 0 Å². The first-order valence-electron chi connectivity index (χ1n) is 8.51. The van der Waals surface area contributed by atoms with E-state index in [1.807, 2.05) is 0 Å². The second-order valence-corrected chi connectivity index (χ2v) is 5.69. The monoisotopic (exact) mass is 334 g/mol.